The van der Waals surface area contributed by atoms with Crippen LogP contribution in [0.1, 0.15) is 48.0 Å². The van der Waals surface area contributed by atoms with E-state index in [-0.39, 0.29) is 34.5 Å². The highest BCUT2D eigenvalue weighted by Gasteiger charge is 2.39. The van der Waals surface area contributed by atoms with E-state index in [4.69, 9.17) is 5.73 Å². The van der Waals surface area contributed by atoms with E-state index in [1.54, 1.807) is 23.0 Å². The summed E-state index contributed by atoms with van der Waals surface area (Å²) >= 11 is 0. The molecule has 1 aromatic heterocycles. The summed E-state index contributed by atoms with van der Waals surface area (Å²) in [7, 11) is -3.23. The number of carbonyl (C=O) groups is 2. The number of primary amides is 1. The Labute approximate surface area is 198 Å². The van der Waals surface area contributed by atoms with Gasteiger partial charge in [-0.2, -0.15) is 10.4 Å². The number of amides is 2. The molecule has 0 atom stereocenters. The van der Waals surface area contributed by atoms with Crippen LogP contribution in [0.3, 0.4) is 0 Å². The van der Waals surface area contributed by atoms with Crippen molar-refractivity contribution in [3.8, 4) is 6.07 Å². The van der Waals surface area contributed by atoms with Crippen LogP contribution in [0.25, 0.3) is 0 Å². The minimum atomic E-state index is -3.23. The number of piperidine rings is 1. The Kier molecular flexibility index (Phi) is 6.47. The highest BCUT2D eigenvalue weighted by atomic mass is 32.2. The number of likely N-dealkylation sites (tertiary alicyclic amines) is 1. The van der Waals surface area contributed by atoms with Crippen LogP contribution >= 0.6 is 0 Å². The summed E-state index contributed by atoms with van der Waals surface area (Å²) in [5.74, 6) is -0.748. The molecule has 3 N–H and O–H groups in total. The number of nitrogens with zero attached hydrogens (tertiary/aromatic N) is 4. The van der Waals surface area contributed by atoms with Gasteiger partial charge in [-0.1, -0.05) is 12.1 Å². The predicted molar refractivity (Wildman–Crippen MR) is 124 cm³/mol. The van der Waals surface area contributed by atoms with Gasteiger partial charge in [0.1, 0.15) is 5.56 Å². The lowest BCUT2D eigenvalue weighted by molar-refractivity contribution is -0.117. The Balaban J connectivity index is 1.49. The van der Waals surface area contributed by atoms with E-state index in [0.29, 0.717) is 32.5 Å². The Morgan fingerprint density at radius 1 is 1.24 bits per heavy atom. The molecule has 4 rings (SSSR count). The van der Waals surface area contributed by atoms with Crippen LogP contribution in [0.5, 0.6) is 0 Å². The Morgan fingerprint density at radius 2 is 1.88 bits per heavy atom. The van der Waals surface area contributed by atoms with Crippen LogP contribution in [0.15, 0.2) is 35.4 Å². The molecular formula is C23H28N6O4S. The minimum Gasteiger partial charge on any atom is -0.365 e. The molecule has 2 aromatic rings. The Bertz CT molecular complexity index is 1230. The Morgan fingerprint density at radius 3 is 2.41 bits per heavy atom. The first-order valence-electron chi connectivity index (χ1n) is 11.2. The number of aromatic nitrogens is 2. The van der Waals surface area contributed by atoms with Gasteiger partial charge in [0.2, 0.25) is 5.91 Å². The monoisotopic (exact) mass is 484 g/mol. The molecule has 10 nitrogen and oxygen atoms in total. The van der Waals surface area contributed by atoms with E-state index in [1.165, 1.54) is 6.26 Å². The van der Waals surface area contributed by atoms with Gasteiger partial charge in [0.25, 0.3) is 5.91 Å². The summed E-state index contributed by atoms with van der Waals surface area (Å²) < 4.78 is 25.0. The van der Waals surface area contributed by atoms with Crippen molar-refractivity contribution in [2.24, 2.45) is 11.7 Å². The fourth-order valence-electron chi connectivity index (χ4n) is 4.32. The van der Waals surface area contributed by atoms with Crippen molar-refractivity contribution in [2.45, 2.75) is 49.1 Å². The van der Waals surface area contributed by atoms with E-state index in [1.807, 2.05) is 12.1 Å². The zero-order chi connectivity index (χ0) is 24.5. The number of benzene rings is 1. The molecule has 2 fully saturated rings. The molecule has 1 aliphatic carbocycles. The maximum Gasteiger partial charge on any atom is 0.254 e. The number of hydrogen-bond acceptors (Lipinski definition) is 7. The second kappa shape index (κ2) is 9.19. The third kappa shape index (κ3) is 5.13. The van der Waals surface area contributed by atoms with Gasteiger partial charge < -0.3 is 11.1 Å². The number of rotatable bonds is 8. The van der Waals surface area contributed by atoms with Crippen LogP contribution in [-0.2, 0) is 26.7 Å². The van der Waals surface area contributed by atoms with E-state index in [0.717, 1.165) is 18.4 Å². The number of nitrogens with two attached hydrogens (primary N) is 1. The summed E-state index contributed by atoms with van der Waals surface area (Å²) in [6.07, 6.45) is 5.83. The topological polar surface area (TPSA) is 151 Å². The summed E-state index contributed by atoms with van der Waals surface area (Å²) in [5.41, 5.74) is 6.06. The zero-order valence-corrected chi connectivity index (χ0v) is 19.8. The second-order valence-electron chi connectivity index (χ2n) is 9.22. The quantitative estimate of drug-likeness (QED) is 0.578. The van der Waals surface area contributed by atoms with Gasteiger partial charge in [-0.05, 0) is 43.4 Å². The van der Waals surface area contributed by atoms with Crippen molar-refractivity contribution in [1.82, 2.24) is 14.7 Å². The first-order chi connectivity index (χ1) is 16.1. The molecule has 0 unspecified atom stereocenters. The Hall–Kier alpha value is -3.23. The highest BCUT2D eigenvalue weighted by Crippen LogP contribution is 2.36. The molecule has 1 saturated heterocycles. The van der Waals surface area contributed by atoms with E-state index >= 15 is 0 Å². The zero-order valence-electron chi connectivity index (χ0n) is 19.0. The standard InChI is InChI=1S/C23H28N6O4S/c1-34(32,33)18-6-2-16(3-7-18)14-28-12-9-23(8-11-24,10-13-28)29-15-19(20(25)30)21(27-29)26-22(31)17-4-5-17/h2-3,6-7,15,17H,4-5,8-10,12-14H2,1H3,(H2,25,30)(H,26,27,31). The molecule has 0 bridgehead atoms. The number of sulfone groups is 1. The molecule has 2 heterocycles. The van der Waals surface area contributed by atoms with Gasteiger partial charge in [-0.3, -0.25) is 19.2 Å². The second-order valence-corrected chi connectivity index (χ2v) is 11.2. The van der Waals surface area contributed by atoms with Gasteiger partial charge in [0.15, 0.2) is 15.7 Å². The highest BCUT2D eigenvalue weighted by molar-refractivity contribution is 7.90. The third-order valence-electron chi connectivity index (χ3n) is 6.61. The largest absolute Gasteiger partial charge is 0.365 e. The molecule has 2 aliphatic rings. The molecule has 1 aromatic carbocycles. The van der Waals surface area contributed by atoms with Crippen LogP contribution < -0.4 is 11.1 Å². The van der Waals surface area contributed by atoms with Crippen molar-refractivity contribution in [3.05, 3.63) is 41.6 Å². The van der Waals surface area contributed by atoms with Gasteiger partial charge in [-0.25, -0.2) is 8.42 Å². The van der Waals surface area contributed by atoms with Crippen LogP contribution in [0.4, 0.5) is 5.82 Å². The first-order valence-corrected chi connectivity index (χ1v) is 13.1. The minimum absolute atomic E-state index is 0.0475. The van der Waals surface area contributed by atoms with Crippen LogP contribution in [-0.4, -0.2) is 54.3 Å². The van der Waals surface area contributed by atoms with E-state index in [9.17, 15) is 23.3 Å². The normalized spacial score (nSPS) is 18.2. The third-order valence-corrected chi connectivity index (χ3v) is 7.74. The summed E-state index contributed by atoms with van der Waals surface area (Å²) in [6, 6.07) is 9.10. The van der Waals surface area contributed by atoms with Crippen molar-refractivity contribution >= 4 is 27.5 Å². The molecule has 11 heteroatoms. The molecule has 0 radical (unpaired) electrons. The summed E-state index contributed by atoms with van der Waals surface area (Å²) in [6.45, 7) is 2.02. The van der Waals surface area contributed by atoms with Gasteiger partial charge in [-0.15, -0.1) is 0 Å². The predicted octanol–water partition coefficient (Wildman–Crippen LogP) is 1.64. The summed E-state index contributed by atoms with van der Waals surface area (Å²) in [4.78, 5) is 26.7. The number of nitrogens with one attached hydrogen (secondary N) is 1. The first kappa shape index (κ1) is 23.9. The number of nitriles is 1. The lowest BCUT2D eigenvalue weighted by Gasteiger charge is -2.40. The molecule has 180 valence electrons. The number of carbonyl (C=O) groups excluding carboxylic acids is 2. The maximum absolute atomic E-state index is 12.2. The SMILES string of the molecule is CS(=O)(=O)c1ccc(CN2CCC(CC#N)(n3cc(C(N)=O)c(NC(=O)C4CC4)n3)CC2)cc1. The van der Waals surface area contributed by atoms with E-state index in [2.05, 4.69) is 21.4 Å². The smallest absolute Gasteiger partial charge is 0.254 e. The maximum atomic E-state index is 12.2. The average Bonchev–Trinajstić information content (AvgIpc) is 3.55. The molecular weight excluding hydrogens is 456 g/mol. The number of hydrogen-bond donors (Lipinski definition) is 2. The van der Waals surface area contributed by atoms with Gasteiger partial charge in [0.05, 0.1) is 22.9 Å². The molecule has 0 spiro atoms. The average molecular weight is 485 g/mol. The van der Waals surface area contributed by atoms with Crippen LogP contribution in [0, 0.1) is 17.2 Å². The lowest BCUT2D eigenvalue weighted by Crippen LogP contribution is -2.46. The van der Waals surface area contributed by atoms with Gasteiger partial charge in [0, 0.05) is 38.0 Å². The molecule has 2 amide bonds. The molecule has 1 saturated carbocycles. The molecule has 34 heavy (non-hydrogen) atoms. The van der Waals surface area contributed by atoms with E-state index < -0.39 is 21.3 Å². The van der Waals surface area contributed by atoms with Crippen molar-refractivity contribution in [2.75, 3.05) is 24.7 Å². The van der Waals surface area contributed by atoms with Crippen LogP contribution in [0.2, 0.25) is 0 Å². The van der Waals surface area contributed by atoms with Crippen molar-refractivity contribution in [3.63, 3.8) is 0 Å². The molecule has 1 aliphatic heterocycles. The summed E-state index contributed by atoms with van der Waals surface area (Å²) in [5, 5.41) is 16.8. The van der Waals surface area contributed by atoms with Crippen molar-refractivity contribution < 1.29 is 18.0 Å². The lowest BCUT2D eigenvalue weighted by atomic mass is 9.84. The number of anilines is 1. The fourth-order valence-corrected chi connectivity index (χ4v) is 4.95. The van der Waals surface area contributed by atoms with Gasteiger partial charge >= 0.3 is 0 Å². The van der Waals surface area contributed by atoms with Crippen molar-refractivity contribution in [1.29, 1.82) is 5.26 Å². The fraction of sp³-hybridized carbons (Fsp3) is 0.478.